The van der Waals surface area contributed by atoms with Crippen molar-refractivity contribution in [2.45, 2.75) is 25.0 Å². The minimum atomic E-state index is -4.55. The summed E-state index contributed by atoms with van der Waals surface area (Å²) < 4.78 is 40.4. The standard InChI is InChI=1S/C8H10F3NO2S/c1-5-2-6(12-14-5)3-15-4-7(13)8(9,10)11/h2,7,13H,3-4H2,1H3/t7-/m0/s1. The monoisotopic (exact) mass is 241 g/mol. The Morgan fingerprint density at radius 2 is 2.27 bits per heavy atom. The molecule has 0 aliphatic heterocycles. The molecule has 1 aromatic heterocycles. The van der Waals surface area contributed by atoms with Crippen LogP contribution in [-0.4, -0.2) is 28.3 Å². The Hall–Kier alpha value is -0.690. The van der Waals surface area contributed by atoms with E-state index in [-0.39, 0.29) is 0 Å². The fourth-order valence-corrected chi connectivity index (χ4v) is 1.73. The normalized spacial score (nSPS) is 14.2. The molecule has 0 radical (unpaired) electrons. The van der Waals surface area contributed by atoms with Gasteiger partial charge < -0.3 is 9.63 Å². The summed E-state index contributed by atoms with van der Waals surface area (Å²) in [4.78, 5) is 0. The van der Waals surface area contributed by atoms with E-state index in [2.05, 4.69) is 5.16 Å². The van der Waals surface area contributed by atoms with E-state index in [1.54, 1.807) is 13.0 Å². The molecule has 1 N–H and O–H groups in total. The first kappa shape index (κ1) is 12.4. The summed E-state index contributed by atoms with van der Waals surface area (Å²) in [6, 6.07) is 1.65. The molecule has 1 rings (SSSR count). The number of aryl methyl sites for hydroxylation is 1. The van der Waals surface area contributed by atoms with Crippen LogP contribution in [0.4, 0.5) is 13.2 Å². The summed E-state index contributed by atoms with van der Waals surface area (Å²) in [6.45, 7) is 1.70. The lowest BCUT2D eigenvalue weighted by atomic mass is 10.4. The van der Waals surface area contributed by atoms with Crippen LogP contribution in [0.3, 0.4) is 0 Å². The number of aromatic nitrogens is 1. The fraction of sp³-hybridized carbons (Fsp3) is 0.625. The van der Waals surface area contributed by atoms with E-state index in [9.17, 15) is 13.2 Å². The zero-order valence-electron chi connectivity index (χ0n) is 7.91. The molecule has 0 unspecified atom stereocenters. The zero-order valence-corrected chi connectivity index (χ0v) is 8.73. The van der Waals surface area contributed by atoms with E-state index in [0.717, 1.165) is 11.8 Å². The largest absolute Gasteiger partial charge is 0.415 e. The van der Waals surface area contributed by atoms with Gasteiger partial charge in [0.1, 0.15) is 5.76 Å². The highest BCUT2D eigenvalue weighted by atomic mass is 32.2. The predicted molar refractivity (Wildman–Crippen MR) is 49.5 cm³/mol. The van der Waals surface area contributed by atoms with Gasteiger partial charge in [-0.15, -0.1) is 0 Å². The van der Waals surface area contributed by atoms with Gasteiger partial charge in [-0.25, -0.2) is 0 Å². The van der Waals surface area contributed by atoms with Gasteiger partial charge in [0, 0.05) is 17.6 Å². The van der Waals surface area contributed by atoms with Crippen LogP contribution in [0.2, 0.25) is 0 Å². The summed E-state index contributed by atoms with van der Waals surface area (Å²) in [6.07, 6.45) is -6.83. The number of aliphatic hydroxyl groups is 1. The third kappa shape index (κ3) is 4.13. The topological polar surface area (TPSA) is 46.3 Å². The van der Waals surface area contributed by atoms with Gasteiger partial charge in [-0.05, 0) is 6.92 Å². The number of hydrogen-bond acceptors (Lipinski definition) is 4. The summed E-state index contributed by atoms with van der Waals surface area (Å²) in [7, 11) is 0. The summed E-state index contributed by atoms with van der Waals surface area (Å²) in [5.74, 6) is 0.516. The van der Waals surface area contributed by atoms with E-state index in [1.165, 1.54) is 0 Å². The van der Waals surface area contributed by atoms with Gasteiger partial charge in [-0.1, -0.05) is 5.16 Å². The fourth-order valence-electron chi connectivity index (χ4n) is 0.856. The molecule has 86 valence electrons. The van der Waals surface area contributed by atoms with Crippen molar-refractivity contribution in [2.75, 3.05) is 5.75 Å². The SMILES string of the molecule is Cc1cc(CSC[C@H](O)C(F)(F)F)no1. The first-order chi connectivity index (χ1) is 6.89. The third-order valence-electron chi connectivity index (χ3n) is 1.58. The van der Waals surface area contributed by atoms with Gasteiger partial charge in [-0.2, -0.15) is 24.9 Å². The van der Waals surface area contributed by atoms with Crippen molar-refractivity contribution in [2.24, 2.45) is 0 Å². The molecule has 0 aliphatic carbocycles. The molecule has 0 saturated heterocycles. The van der Waals surface area contributed by atoms with Gasteiger partial charge in [0.25, 0.3) is 0 Å². The average Bonchev–Trinajstić information content (AvgIpc) is 2.49. The molecular formula is C8H10F3NO2S. The van der Waals surface area contributed by atoms with Gasteiger partial charge >= 0.3 is 6.18 Å². The van der Waals surface area contributed by atoms with E-state index >= 15 is 0 Å². The van der Waals surface area contributed by atoms with Crippen LogP contribution < -0.4 is 0 Å². The van der Waals surface area contributed by atoms with Crippen molar-refractivity contribution in [3.8, 4) is 0 Å². The zero-order chi connectivity index (χ0) is 11.5. The molecule has 0 spiro atoms. The molecule has 7 heteroatoms. The Bertz CT molecular complexity index is 313. The van der Waals surface area contributed by atoms with Crippen LogP contribution in [0.25, 0.3) is 0 Å². The second-order valence-corrected chi connectivity index (χ2v) is 4.03. The lowest BCUT2D eigenvalue weighted by molar-refractivity contribution is -0.195. The summed E-state index contributed by atoms with van der Waals surface area (Å²) in [5.41, 5.74) is 0.576. The van der Waals surface area contributed by atoms with Crippen molar-refractivity contribution in [1.29, 1.82) is 0 Å². The van der Waals surface area contributed by atoms with Crippen LogP contribution in [0, 0.1) is 6.92 Å². The quantitative estimate of drug-likeness (QED) is 0.877. The maximum atomic E-state index is 11.9. The minimum Gasteiger partial charge on any atom is -0.383 e. The van der Waals surface area contributed by atoms with E-state index < -0.39 is 18.0 Å². The minimum absolute atomic E-state index is 0.296. The van der Waals surface area contributed by atoms with Crippen LogP contribution in [-0.2, 0) is 5.75 Å². The van der Waals surface area contributed by atoms with E-state index in [0.29, 0.717) is 17.2 Å². The first-order valence-electron chi connectivity index (χ1n) is 4.14. The highest BCUT2D eigenvalue weighted by Crippen LogP contribution is 2.24. The molecule has 0 bridgehead atoms. The lowest BCUT2D eigenvalue weighted by Crippen LogP contribution is -2.30. The molecule has 1 aromatic rings. The number of alkyl halides is 3. The molecule has 15 heavy (non-hydrogen) atoms. The number of hydrogen-bond donors (Lipinski definition) is 1. The van der Waals surface area contributed by atoms with Crippen molar-refractivity contribution in [3.63, 3.8) is 0 Å². The molecule has 0 fully saturated rings. The number of thioether (sulfide) groups is 1. The Balaban J connectivity index is 2.28. The first-order valence-corrected chi connectivity index (χ1v) is 5.30. The number of nitrogens with zero attached hydrogens (tertiary/aromatic N) is 1. The molecule has 0 aliphatic rings. The predicted octanol–water partition coefficient (Wildman–Crippen LogP) is 2.14. The summed E-state index contributed by atoms with van der Waals surface area (Å²) >= 11 is 0.962. The van der Waals surface area contributed by atoms with Crippen LogP contribution in [0.5, 0.6) is 0 Å². The molecule has 1 heterocycles. The van der Waals surface area contributed by atoms with Gasteiger partial charge in [0.05, 0.1) is 5.69 Å². The second-order valence-electron chi connectivity index (χ2n) is 3.00. The number of halogens is 3. The molecule has 0 aromatic carbocycles. The van der Waals surface area contributed by atoms with Crippen molar-refractivity contribution in [3.05, 3.63) is 17.5 Å². The summed E-state index contributed by atoms with van der Waals surface area (Å²) in [5, 5.41) is 12.3. The Morgan fingerprint density at radius 1 is 1.60 bits per heavy atom. The van der Waals surface area contributed by atoms with E-state index in [4.69, 9.17) is 9.63 Å². The highest BCUT2D eigenvalue weighted by molar-refractivity contribution is 7.98. The van der Waals surface area contributed by atoms with Crippen LogP contribution in [0.1, 0.15) is 11.5 Å². The molecule has 0 amide bonds. The smallest absolute Gasteiger partial charge is 0.383 e. The van der Waals surface area contributed by atoms with Gasteiger partial charge in [0.2, 0.25) is 0 Å². The Labute approximate surface area is 88.6 Å². The lowest BCUT2D eigenvalue weighted by Gasteiger charge is -2.13. The Morgan fingerprint density at radius 3 is 2.73 bits per heavy atom. The van der Waals surface area contributed by atoms with Crippen molar-refractivity contribution in [1.82, 2.24) is 5.16 Å². The van der Waals surface area contributed by atoms with E-state index in [1.807, 2.05) is 0 Å². The van der Waals surface area contributed by atoms with Crippen molar-refractivity contribution < 1.29 is 22.8 Å². The number of aliphatic hydroxyl groups excluding tert-OH is 1. The van der Waals surface area contributed by atoms with Crippen LogP contribution in [0.15, 0.2) is 10.6 Å². The van der Waals surface area contributed by atoms with Crippen LogP contribution >= 0.6 is 11.8 Å². The maximum absolute atomic E-state index is 11.9. The molecule has 3 nitrogen and oxygen atoms in total. The number of rotatable bonds is 4. The van der Waals surface area contributed by atoms with Gasteiger partial charge in [0.15, 0.2) is 6.10 Å². The second kappa shape index (κ2) is 4.89. The molecule has 1 atom stereocenters. The highest BCUT2D eigenvalue weighted by Gasteiger charge is 2.37. The Kier molecular flexibility index (Phi) is 4.04. The van der Waals surface area contributed by atoms with Crippen molar-refractivity contribution >= 4 is 11.8 Å². The molecule has 0 saturated carbocycles. The third-order valence-corrected chi connectivity index (χ3v) is 2.63. The average molecular weight is 241 g/mol. The van der Waals surface area contributed by atoms with Gasteiger partial charge in [-0.3, -0.25) is 0 Å². The maximum Gasteiger partial charge on any atom is 0.415 e. The molecular weight excluding hydrogens is 231 g/mol.